The van der Waals surface area contributed by atoms with Crippen LogP contribution in [0.25, 0.3) is 50.1 Å². The van der Waals surface area contributed by atoms with Crippen LogP contribution in [-0.4, -0.2) is 0 Å². The Morgan fingerprint density at radius 2 is 0.950 bits per heavy atom. The van der Waals surface area contributed by atoms with E-state index in [-0.39, 0.29) is 10.8 Å². The molecule has 1 radical (unpaired) electrons. The lowest BCUT2D eigenvalue weighted by Crippen LogP contribution is -2.27. The van der Waals surface area contributed by atoms with Crippen LogP contribution < -0.4 is 4.90 Å². The largest absolute Gasteiger partial charge is 0.310 e. The molecular weight excluding hydrogens is 723 g/mol. The summed E-state index contributed by atoms with van der Waals surface area (Å²) in [5.74, 6) is 0. The summed E-state index contributed by atoms with van der Waals surface area (Å²) < 4.78 is 0. The molecule has 0 atom stereocenters. The van der Waals surface area contributed by atoms with E-state index < -0.39 is 5.41 Å². The van der Waals surface area contributed by atoms with E-state index >= 15 is 0 Å². The lowest BCUT2D eigenvalue weighted by atomic mass is 9.69. The molecule has 12 rings (SSSR count). The number of rotatable bonds is 5. The number of hydrogen-bond donors (Lipinski definition) is 0. The predicted octanol–water partition coefficient (Wildman–Crippen LogP) is 15.4. The summed E-state index contributed by atoms with van der Waals surface area (Å²) in [4.78, 5) is 2.57. The van der Waals surface area contributed by atoms with E-state index in [2.05, 4.69) is 228 Å². The molecule has 0 saturated heterocycles. The Morgan fingerprint density at radius 1 is 0.417 bits per heavy atom. The standard InChI is InChI=1S/C59H46N/c1-57(2,3)41-34-54-56(48-31-27-40(39-23-24-39)33-53(48)59(54)50-21-13-10-18-45(50)46-19-11-14-22-51(46)59)55(35-41)60(42-28-25-38(26-29-42)37-15-7-6-8-16-37)43-30-32-47-44-17-9-12-20-49(44)58(4,5)52(47)36-43/h6-36H,1-5H3. The molecule has 8 aromatic rings. The van der Waals surface area contributed by atoms with E-state index in [9.17, 15) is 0 Å². The Morgan fingerprint density at radius 3 is 1.60 bits per heavy atom. The molecule has 0 heterocycles. The van der Waals surface area contributed by atoms with Gasteiger partial charge in [-0.3, -0.25) is 0 Å². The summed E-state index contributed by atoms with van der Waals surface area (Å²) in [5.41, 5.74) is 25.3. The maximum absolute atomic E-state index is 2.57. The third-order valence-corrected chi connectivity index (χ3v) is 14.0. The summed E-state index contributed by atoms with van der Waals surface area (Å²) in [6.45, 7) is 11.9. The quantitative estimate of drug-likeness (QED) is 0.169. The Labute approximate surface area is 354 Å². The first kappa shape index (κ1) is 35.3. The molecular formula is C59H46N. The van der Waals surface area contributed by atoms with Crippen LogP contribution >= 0.6 is 0 Å². The Kier molecular flexibility index (Phi) is 7.30. The lowest BCUT2D eigenvalue weighted by molar-refractivity contribution is 0.588. The van der Waals surface area contributed by atoms with Crippen molar-refractivity contribution in [2.75, 3.05) is 4.90 Å². The van der Waals surface area contributed by atoms with Crippen molar-refractivity contribution in [3.63, 3.8) is 0 Å². The molecule has 0 N–H and O–H groups in total. The number of fused-ring (bicyclic) bond motifs is 13. The second-order valence-electron chi connectivity index (χ2n) is 18.7. The zero-order chi connectivity index (χ0) is 40.5. The van der Waals surface area contributed by atoms with Gasteiger partial charge in [-0.25, -0.2) is 0 Å². The first-order valence-electron chi connectivity index (χ1n) is 21.4. The first-order valence-corrected chi connectivity index (χ1v) is 21.4. The molecule has 8 aromatic carbocycles. The second-order valence-corrected chi connectivity index (χ2v) is 18.7. The molecule has 1 heteroatoms. The summed E-state index contributed by atoms with van der Waals surface area (Å²) in [6, 6.07) is 66.9. The highest BCUT2D eigenvalue weighted by Crippen LogP contribution is 2.66. The monoisotopic (exact) mass is 768 g/mol. The lowest BCUT2D eigenvalue weighted by Gasteiger charge is -2.34. The van der Waals surface area contributed by atoms with Gasteiger partial charge in [-0.1, -0.05) is 180 Å². The Hall–Kier alpha value is -6.70. The van der Waals surface area contributed by atoms with Crippen molar-refractivity contribution < 1.29 is 0 Å². The zero-order valence-electron chi connectivity index (χ0n) is 34.8. The van der Waals surface area contributed by atoms with E-state index in [1.165, 1.54) is 106 Å². The maximum atomic E-state index is 2.57. The molecule has 4 aliphatic rings. The average molecular weight is 769 g/mol. The van der Waals surface area contributed by atoms with E-state index in [4.69, 9.17) is 0 Å². The van der Waals surface area contributed by atoms with Crippen LogP contribution in [0.15, 0.2) is 182 Å². The molecule has 1 spiro atoms. The van der Waals surface area contributed by atoms with Gasteiger partial charge in [0.25, 0.3) is 0 Å². The number of nitrogens with zero attached hydrogens (tertiary/aromatic N) is 1. The summed E-state index contributed by atoms with van der Waals surface area (Å²) in [7, 11) is 0. The number of allylic oxidation sites excluding steroid dienone is 2. The topological polar surface area (TPSA) is 3.24 Å². The van der Waals surface area contributed by atoms with Gasteiger partial charge >= 0.3 is 0 Å². The average Bonchev–Trinajstić information content (AvgIpc) is 3.99. The fourth-order valence-electron chi connectivity index (χ4n) is 11.0. The van der Waals surface area contributed by atoms with E-state index in [0.29, 0.717) is 0 Å². The van der Waals surface area contributed by atoms with Gasteiger partial charge in [0.2, 0.25) is 0 Å². The van der Waals surface area contributed by atoms with Crippen LogP contribution in [0.1, 0.15) is 79.1 Å². The smallest absolute Gasteiger partial charge is 0.0726 e. The summed E-state index contributed by atoms with van der Waals surface area (Å²) in [5, 5.41) is 0. The van der Waals surface area contributed by atoms with Crippen molar-refractivity contribution in [2.24, 2.45) is 0 Å². The van der Waals surface area contributed by atoms with Crippen LogP contribution in [0.3, 0.4) is 0 Å². The predicted molar refractivity (Wildman–Crippen MR) is 251 cm³/mol. The first-order chi connectivity index (χ1) is 29.1. The molecule has 287 valence electrons. The molecule has 0 unspecified atom stereocenters. The number of benzene rings is 8. The van der Waals surface area contributed by atoms with Crippen molar-refractivity contribution in [3.05, 3.63) is 233 Å². The molecule has 60 heavy (non-hydrogen) atoms. The molecule has 0 saturated carbocycles. The van der Waals surface area contributed by atoms with E-state index in [1.54, 1.807) is 0 Å². The van der Waals surface area contributed by atoms with Gasteiger partial charge in [0.15, 0.2) is 0 Å². The van der Waals surface area contributed by atoms with Gasteiger partial charge < -0.3 is 4.90 Å². The normalized spacial score (nSPS) is 15.4. The minimum Gasteiger partial charge on any atom is -0.310 e. The van der Waals surface area contributed by atoms with Crippen LogP contribution in [0.5, 0.6) is 0 Å². The Balaban J connectivity index is 1.19. The van der Waals surface area contributed by atoms with Crippen molar-refractivity contribution in [2.45, 2.75) is 50.9 Å². The molecule has 0 amide bonds. The third-order valence-electron chi connectivity index (χ3n) is 14.0. The summed E-state index contributed by atoms with van der Waals surface area (Å²) >= 11 is 0. The molecule has 0 aliphatic heterocycles. The van der Waals surface area contributed by atoms with Crippen molar-refractivity contribution in [1.29, 1.82) is 0 Å². The fourth-order valence-corrected chi connectivity index (χ4v) is 11.0. The van der Waals surface area contributed by atoms with Crippen LogP contribution in [0.2, 0.25) is 0 Å². The SMILES string of the molecule is CC(C)(C)c1cc(N(c2ccc(-c3ccccc3)cc2)c2ccc3c(c2)C(C)(C)c2ccccc2-3)c2c(c1)C1(c3ccccc3-c3ccccc31)c1cc(C3=C[CH]3)ccc1-2. The van der Waals surface area contributed by atoms with Gasteiger partial charge in [-0.05, 0) is 131 Å². The van der Waals surface area contributed by atoms with E-state index in [0.717, 1.165) is 5.69 Å². The van der Waals surface area contributed by atoms with E-state index in [1.807, 2.05) is 0 Å². The van der Waals surface area contributed by atoms with Gasteiger partial charge in [0.05, 0.1) is 11.1 Å². The third kappa shape index (κ3) is 4.87. The minimum absolute atomic E-state index is 0.124. The fraction of sp³-hybridized carbons (Fsp3) is 0.136. The van der Waals surface area contributed by atoms with Crippen LogP contribution in [0, 0.1) is 6.42 Å². The maximum Gasteiger partial charge on any atom is 0.0726 e. The van der Waals surface area contributed by atoms with Gasteiger partial charge in [0.1, 0.15) is 0 Å². The Bertz CT molecular complexity index is 3070. The highest BCUT2D eigenvalue weighted by molar-refractivity contribution is 6.03. The van der Waals surface area contributed by atoms with Gasteiger partial charge in [-0.2, -0.15) is 0 Å². The number of hydrogen-bond acceptors (Lipinski definition) is 1. The summed E-state index contributed by atoms with van der Waals surface area (Å²) in [6.07, 6.45) is 4.48. The minimum atomic E-state index is -0.482. The molecule has 0 fully saturated rings. The molecule has 0 bridgehead atoms. The molecule has 1 nitrogen and oxygen atoms in total. The van der Waals surface area contributed by atoms with Crippen LogP contribution in [0.4, 0.5) is 17.1 Å². The van der Waals surface area contributed by atoms with Crippen LogP contribution in [-0.2, 0) is 16.2 Å². The second kappa shape index (κ2) is 12.4. The number of anilines is 3. The molecule has 4 aliphatic carbocycles. The molecule has 0 aromatic heterocycles. The van der Waals surface area contributed by atoms with Gasteiger partial charge in [0, 0.05) is 28.8 Å². The van der Waals surface area contributed by atoms with Crippen molar-refractivity contribution in [3.8, 4) is 44.5 Å². The highest BCUT2D eigenvalue weighted by atomic mass is 15.1. The van der Waals surface area contributed by atoms with Gasteiger partial charge in [-0.15, -0.1) is 0 Å². The van der Waals surface area contributed by atoms with Crippen molar-refractivity contribution in [1.82, 2.24) is 0 Å². The van der Waals surface area contributed by atoms with Crippen molar-refractivity contribution >= 4 is 22.6 Å². The highest BCUT2D eigenvalue weighted by Gasteiger charge is 2.53. The zero-order valence-corrected chi connectivity index (χ0v) is 34.8.